The van der Waals surface area contributed by atoms with E-state index in [2.05, 4.69) is 15.5 Å². The van der Waals surface area contributed by atoms with Crippen LogP contribution in [0.25, 0.3) is 0 Å². The molecular weight excluding hydrogens is 506 g/mol. The maximum absolute atomic E-state index is 13.0. The van der Waals surface area contributed by atoms with Crippen LogP contribution in [0.1, 0.15) is 26.5 Å². The van der Waals surface area contributed by atoms with E-state index in [0.29, 0.717) is 0 Å². The van der Waals surface area contributed by atoms with Crippen molar-refractivity contribution in [3.63, 3.8) is 0 Å². The summed E-state index contributed by atoms with van der Waals surface area (Å²) < 4.78 is 4.88. The van der Waals surface area contributed by atoms with Gasteiger partial charge < -0.3 is 30.8 Å². The average molecular weight is 528 g/mol. The molecule has 188 valence electrons. The number of nitrogens with one attached hydrogen (secondary N) is 1. The molecule has 35 heavy (non-hydrogen) atoms. The lowest BCUT2D eigenvalue weighted by atomic mass is 10.0. The van der Waals surface area contributed by atoms with Crippen molar-refractivity contribution in [1.82, 2.24) is 15.2 Å². The molecule has 2 amide bonds. The van der Waals surface area contributed by atoms with E-state index in [4.69, 9.17) is 15.3 Å². The van der Waals surface area contributed by atoms with E-state index in [1.807, 2.05) is 0 Å². The molecule has 14 nitrogen and oxygen atoms in total. The quantitative estimate of drug-likeness (QED) is 0.140. The number of carbonyl (C=O) groups excluding carboxylic acids is 3. The number of rotatable bonds is 9. The number of hydrogen-bond acceptors (Lipinski definition) is 12. The number of nitrogens with zero attached hydrogens (tertiary/aromatic N) is 3. The third kappa shape index (κ3) is 5.37. The van der Waals surface area contributed by atoms with E-state index in [9.17, 15) is 34.2 Å². The Morgan fingerprint density at radius 1 is 1.34 bits per heavy atom. The van der Waals surface area contributed by atoms with Crippen LogP contribution < -0.4 is 11.1 Å². The number of nitrogens with two attached hydrogens (primary N) is 1. The highest BCUT2D eigenvalue weighted by Gasteiger charge is 2.54. The zero-order chi connectivity index (χ0) is 26.1. The molecule has 1 unspecified atom stereocenters. The second-order valence-corrected chi connectivity index (χ2v) is 9.81. The predicted molar refractivity (Wildman–Crippen MR) is 122 cm³/mol. The number of thioether (sulfide) groups is 1. The van der Waals surface area contributed by atoms with Gasteiger partial charge in [0.05, 0.1) is 0 Å². The van der Waals surface area contributed by atoms with Crippen LogP contribution in [0, 0.1) is 0 Å². The van der Waals surface area contributed by atoms with Crippen molar-refractivity contribution in [3.05, 3.63) is 22.3 Å². The van der Waals surface area contributed by atoms with E-state index >= 15 is 0 Å². The van der Waals surface area contributed by atoms with Gasteiger partial charge >= 0.3 is 17.9 Å². The maximum Gasteiger partial charge on any atom is 0.352 e. The molecule has 0 aromatic carbocycles. The fourth-order valence-electron chi connectivity index (χ4n) is 2.99. The molecule has 1 saturated heterocycles. The second-order valence-electron chi connectivity index (χ2n) is 7.82. The number of β-lactam (4-membered cyclic amide) rings is 1. The Morgan fingerprint density at radius 3 is 2.57 bits per heavy atom. The Balaban J connectivity index is 1.82. The summed E-state index contributed by atoms with van der Waals surface area (Å²) in [7, 11) is 0. The largest absolute Gasteiger partial charge is 0.478 e. The van der Waals surface area contributed by atoms with Crippen LogP contribution in [0.2, 0.25) is 0 Å². The number of carbonyl (C=O) groups is 5. The minimum atomic E-state index is -1.77. The third-order valence-corrected chi connectivity index (χ3v) is 6.86. The lowest BCUT2D eigenvalue weighted by Crippen LogP contribution is -2.71. The number of nitrogen functional groups attached to an aromatic ring is 1. The average Bonchev–Trinajstić information content (AvgIpc) is 3.20. The number of hydrogen-bond donors (Lipinski definition) is 4. The fourth-order valence-corrected chi connectivity index (χ4v) is 4.87. The van der Waals surface area contributed by atoms with E-state index in [0.717, 1.165) is 16.2 Å². The van der Waals surface area contributed by atoms with Gasteiger partial charge in [-0.3, -0.25) is 19.3 Å². The van der Waals surface area contributed by atoms with Gasteiger partial charge in [-0.05, 0) is 13.8 Å². The van der Waals surface area contributed by atoms with Crippen molar-refractivity contribution in [1.29, 1.82) is 0 Å². The van der Waals surface area contributed by atoms with Crippen molar-refractivity contribution in [3.8, 4) is 0 Å². The predicted octanol–water partition coefficient (Wildman–Crippen LogP) is -0.389. The lowest BCUT2D eigenvalue weighted by molar-refractivity contribution is -0.161. The summed E-state index contributed by atoms with van der Waals surface area (Å²) in [5, 5.41) is 25.8. The molecule has 3 rings (SSSR count). The molecule has 0 radical (unpaired) electrons. The standard InChI is InChI=1S/C19H21N5O9S2/c1-7(25)32-4-8-5-34-15-11(14(27)24(15)12(8)16(28)29)22-13(26)10(9-6-35-18(20)21-9)23-33-19(2,3)17(30)31/h6,11,15H,4-5H2,1-3H3,(H2,20,21)(H,22,26)(H,28,29)(H,30,31)/b23-10-/t11?,15-/m1/s1. The third-order valence-electron chi connectivity index (χ3n) is 4.85. The fraction of sp³-hybridized carbons (Fsp3) is 0.421. The number of carboxylic acids is 2. The van der Waals surface area contributed by atoms with Gasteiger partial charge in [-0.15, -0.1) is 23.1 Å². The van der Waals surface area contributed by atoms with E-state index in [1.165, 1.54) is 37.9 Å². The first-order valence-corrected chi connectivity index (χ1v) is 11.8. The molecule has 2 aliphatic rings. The van der Waals surface area contributed by atoms with Gasteiger partial charge in [0.2, 0.25) is 5.60 Å². The minimum absolute atomic E-state index is 0.000836. The van der Waals surface area contributed by atoms with Gasteiger partial charge in [0.15, 0.2) is 10.8 Å². The first-order chi connectivity index (χ1) is 16.3. The Morgan fingerprint density at radius 2 is 2.03 bits per heavy atom. The molecule has 1 fully saturated rings. The van der Waals surface area contributed by atoms with Gasteiger partial charge in [0, 0.05) is 23.6 Å². The Hall–Kier alpha value is -3.66. The van der Waals surface area contributed by atoms with E-state index in [1.54, 1.807) is 0 Å². The first kappa shape index (κ1) is 26.0. The van der Waals surface area contributed by atoms with Crippen LogP contribution in [0.3, 0.4) is 0 Å². The molecule has 0 bridgehead atoms. The molecule has 3 heterocycles. The highest BCUT2D eigenvalue weighted by Crippen LogP contribution is 2.40. The zero-order valence-corrected chi connectivity index (χ0v) is 20.3. The number of anilines is 1. The van der Waals surface area contributed by atoms with Gasteiger partial charge in [0.1, 0.15) is 29.4 Å². The summed E-state index contributed by atoms with van der Waals surface area (Å²) >= 11 is 2.18. The number of aliphatic carboxylic acids is 2. The molecule has 1 aromatic rings. The minimum Gasteiger partial charge on any atom is -0.478 e. The van der Waals surface area contributed by atoms with Crippen LogP contribution in [0.5, 0.6) is 0 Å². The van der Waals surface area contributed by atoms with Crippen molar-refractivity contribution in [2.45, 2.75) is 37.8 Å². The normalized spacial score (nSPS) is 20.0. The van der Waals surface area contributed by atoms with Crippen molar-refractivity contribution in [2.24, 2.45) is 5.16 Å². The molecule has 1 aromatic heterocycles. The van der Waals surface area contributed by atoms with Crippen LogP contribution in [0.15, 0.2) is 21.8 Å². The van der Waals surface area contributed by atoms with E-state index < -0.39 is 52.5 Å². The number of oxime groups is 1. The number of carboxylic acid groups (broad SMARTS) is 2. The van der Waals surface area contributed by atoms with Crippen LogP contribution in [-0.4, -0.2) is 84.9 Å². The number of thiazole rings is 1. The second kappa shape index (κ2) is 9.91. The lowest BCUT2D eigenvalue weighted by Gasteiger charge is -2.49. The monoisotopic (exact) mass is 527 g/mol. The van der Waals surface area contributed by atoms with Gasteiger partial charge in [0.25, 0.3) is 11.8 Å². The number of ether oxygens (including phenoxy) is 1. The Bertz CT molecular complexity index is 1160. The summed E-state index contributed by atoms with van der Waals surface area (Å²) in [5.41, 5.74) is 3.38. The zero-order valence-electron chi connectivity index (χ0n) is 18.6. The summed E-state index contributed by atoms with van der Waals surface area (Å²) in [4.78, 5) is 70.1. The maximum atomic E-state index is 13.0. The topological polar surface area (TPSA) is 211 Å². The van der Waals surface area contributed by atoms with E-state index in [-0.39, 0.29) is 34.5 Å². The van der Waals surface area contributed by atoms with Gasteiger partial charge in [-0.1, -0.05) is 5.16 Å². The Labute approximate surface area is 206 Å². The summed E-state index contributed by atoms with van der Waals surface area (Å²) in [6.07, 6.45) is 0. The van der Waals surface area contributed by atoms with Crippen LogP contribution >= 0.6 is 23.1 Å². The van der Waals surface area contributed by atoms with Crippen molar-refractivity contribution >= 4 is 63.7 Å². The van der Waals surface area contributed by atoms with Crippen molar-refractivity contribution < 1.29 is 43.8 Å². The number of aromatic nitrogens is 1. The number of fused-ring (bicyclic) bond motifs is 1. The SMILES string of the molecule is CC(=O)OCC1=C(C(=O)O)N2C(=O)C(NC(=O)/C(=N\OC(C)(C)C(=O)O)c3csc(N)n3)[C@H]2SC1. The molecule has 0 spiro atoms. The smallest absolute Gasteiger partial charge is 0.352 e. The summed E-state index contributed by atoms with van der Waals surface area (Å²) in [5.74, 6) is -4.76. The first-order valence-electron chi connectivity index (χ1n) is 9.88. The molecule has 5 N–H and O–H groups in total. The van der Waals surface area contributed by atoms with Gasteiger partial charge in [-0.2, -0.15) is 0 Å². The molecule has 16 heteroatoms. The Kier molecular flexibility index (Phi) is 7.35. The highest BCUT2D eigenvalue weighted by atomic mass is 32.2. The number of amides is 2. The van der Waals surface area contributed by atoms with Crippen LogP contribution in [0.4, 0.5) is 5.13 Å². The molecular formula is C19H21N5O9S2. The number of esters is 1. The molecule has 2 atom stereocenters. The molecule has 0 aliphatic carbocycles. The van der Waals surface area contributed by atoms with Gasteiger partial charge in [-0.25, -0.2) is 14.6 Å². The van der Waals surface area contributed by atoms with Crippen molar-refractivity contribution in [2.75, 3.05) is 18.1 Å². The highest BCUT2D eigenvalue weighted by molar-refractivity contribution is 8.00. The van der Waals surface area contributed by atoms with Crippen LogP contribution in [-0.2, 0) is 33.5 Å². The summed E-state index contributed by atoms with van der Waals surface area (Å²) in [6, 6.07) is -1.11. The molecule has 0 saturated carbocycles. The summed E-state index contributed by atoms with van der Waals surface area (Å²) in [6.45, 7) is 3.35. The molecule has 2 aliphatic heterocycles.